The van der Waals surface area contributed by atoms with Crippen LogP contribution >= 0.6 is 15.8 Å². The molecule has 0 atom stereocenters. The van der Waals surface area contributed by atoms with Crippen molar-refractivity contribution in [3.63, 3.8) is 0 Å². The number of halogens is 1. The van der Waals surface area contributed by atoms with Gasteiger partial charge in [0.2, 0.25) is 0 Å². The number of benzene rings is 2. The quantitative estimate of drug-likeness (QED) is 0.711. The fourth-order valence-corrected chi connectivity index (χ4v) is 2.05. The molecule has 0 saturated heterocycles. The van der Waals surface area contributed by atoms with Crippen molar-refractivity contribution in [2.45, 2.75) is 0 Å². The van der Waals surface area contributed by atoms with Crippen LogP contribution in [0.5, 0.6) is 0 Å². The molecule has 0 spiro atoms. The van der Waals surface area contributed by atoms with Crippen LogP contribution in [-0.2, 0) is 0 Å². The van der Waals surface area contributed by atoms with Gasteiger partial charge in [-0.2, -0.15) is 0 Å². The van der Waals surface area contributed by atoms with Crippen LogP contribution in [0.25, 0.3) is 0 Å². The molecule has 0 bridgehead atoms. The number of hydrogen-bond donors (Lipinski definition) is 0. The van der Waals surface area contributed by atoms with E-state index in [4.69, 9.17) is 0 Å². The highest BCUT2D eigenvalue weighted by atomic mass is 79.9. The topological polar surface area (TPSA) is 0 Å². The van der Waals surface area contributed by atoms with Gasteiger partial charge >= 0.3 is 0 Å². The molecule has 2 aromatic carbocycles. The van der Waals surface area contributed by atoms with Crippen LogP contribution in [0.1, 0.15) is 0 Å². The molecule has 0 radical (unpaired) electrons. The van der Waals surface area contributed by atoms with Crippen molar-refractivity contribution in [2.75, 3.05) is 0 Å². The van der Waals surface area contributed by atoms with Crippen molar-refractivity contribution >= 4 is 32.2 Å². The Kier molecular flexibility index (Phi) is 3.05. The maximum absolute atomic E-state index is 3.69. The Balaban J connectivity index is 2.30. The molecule has 0 aliphatic carbocycles. The molecular formula is C12H10BBr. The molecule has 0 fully saturated rings. The maximum atomic E-state index is 3.69. The second kappa shape index (κ2) is 4.47. The van der Waals surface area contributed by atoms with Crippen molar-refractivity contribution in [2.24, 2.45) is 0 Å². The zero-order valence-electron chi connectivity index (χ0n) is 7.73. The normalized spacial score (nSPS) is 9.79. The summed E-state index contributed by atoms with van der Waals surface area (Å²) in [6, 6.07) is 20.8. The Hall–Kier alpha value is -1.02. The number of rotatable bonds is 2. The molecule has 2 rings (SSSR count). The monoisotopic (exact) mass is 244 g/mol. The van der Waals surface area contributed by atoms with Gasteiger partial charge in [-0.15, -0.1) is 15.8 Å². The van der Waals surface area contributed by atoms with Gasteiger partial charge in [0.1, 0.15) is 0 Å². The zero-order valence-corrected chi connectivity index (χ0v) is 9.31. The van der Waals surface area contributed by atoms with E-state index in [2.05, 4.69) is 64.3 Å². The minimum Gasteiger partial charge on any atom is -0.143 e. The highest BCUT2D eigenvalue weighted by Gasteiger charge is 2.13. The molecular weight excluding hydrogens is 235 g/mol. The van der Waals surface area contributed by atoms with Crippen molar-refractivity contribution in [3.05, 3.63) is 60.7 Å². The molecule has 0 amide bonds. The molecule has 68 valence electrons. The van der Waals surface area contributed by atoms with Crippen LogP contribution in [0.2, 0.25) is 0 Å². The SMILES string of the molecule is BrB(c1ccccc1)c1ccccc1. The first-order valence-electron chi connectivity index (χ1n) is 4.62. The Labute approximate surface area is 93.0 Å². The van der Waals surface area contributed by atoms with Crippen molar-refractivity contribution in [1.29, 1.82) is 0 Å². The van der Waals surface area contributed by atoms with Crippen LogP contribution in [0.3, 0.4) is 0 Å². The molecule has 2 heteroatoms. The summed E-state index contributed by atoms with van der Waals surface area (Å²) in [4.78, 5) is 0. The largest absolute Gasteiger partial charge is 0.287 e. The van der Waals surface area contributed by atoms with Crippen molar-refractivity contribution in [1.82, 2.24) is 0 Å². The zero-order chi connectivity index (χ0) is 9.80. The Morgan fingerprint density at radius 3 is 1.36 bits per heavy atom. The van der Waals surface area contributed by atoms with Crippen LogP contribution in [0.15, 0.2) is 60.7 Å². The second-order valence-corrected chi connectivity index (χ2v) is 4.10. The average Bonchev–Trinajstić information content (AvgIpc) is 2.30. The van der Waals surface area contributed by atoms with E-state index in [0.29, 0.717) is 5.54 Å². The smallest absolute Gasteiger partial charge is 0.143 e. The highest BCUT2D eigenvalue weighted by molar-refractivity contribution is 9.25. The Morgan fingerprint density at radius 1 is 0.643 bits per heavy atom. The predicted molar refractivity (Wildman–Crippen MR) is 66.8 cm³/mol. The first-order valence-corrected chi connectivity index (χ1v) is 5.53. The third-order valence-corrected chi connectivity index (χ3v) is 3.24. The standard InChI is InChI=1S/C12H10BBr/c14-13(11-7-3-1-4-8-11)12-9-5-2-6-10-12/h1-10H. The van der Waals surface area contributed by atoms with Crippen LogP contribution in [0, 0.1) is 0 Å². The van der Waals surface area contributed by atoms with E-state index in [0.717, 1.165) is 0 Å². The van der Waals surface area contributed by atoms with Crippen molar-refractivity contribution in [3.8, 4) is 0 Å². The predicted octanol–water partition coefficient (Wildman–Crippen LogP) is 2.19. The molecule has 14 heavy (non-hydrogen) atoms. The lowest BCUT2D eigenvalue weighted by Crippen LogP contribution is -2.36. The van der Waals surface area contributed by atoms with Crippen LogP contribution in [0.4, 0.5) is 0 Å². The van der Waals surface area contributed by atoms with Crippen LogP contribution in [-0.4, -0.2) is 5.54 Å². The molecule has 0 aliphatic heterocycles. The summed E-state index contributed by atoms with van der Waals surface area (Å²) >= 11 is 3.69. The lowest BCUT2D eigenvalue weighted by Gasteiger charge is -2.06. The Morgan fingerprint density at radius 2 is 1.00 bits per heavy atom. The maximum Gasteiger partial charge on any atom is 0.287 e. The third kappa shape index (κ3) is 2.07. The molecule has 0 heterocycles. The van der Waals surface area contributed by atoms with Gasteiger partial charge in [0.25, 0.3) is 5.54 Å². The molecule has 0 saturated carbocycles. The van der Waals surface area contributed by atoms with Crippen LogP contribution < -0.4 is 10.9 Å². The number of hydrogen-bond acceptors (Lipinski definition) is 0. The van der Waals surface area contributed by atoms with Gasteiger partial charge in [-0.3, -0.25) is 0 Å². The fourth-order valence-electron chi connectivity index (χ4n) is 1.44. The summed E-state index contributed by atoms with van der Waals surface area (Å²) in [6.45, 7) is 0. The third-order valence-electron chi connectivity index (χ3n) is 2.18. The first-order chi connectivity index (χ1) is 6.88. The summed E-state index contributed by atoms with van der Waals surface area (Å²) in [6.07, 6.45) is 0. The van der Waals surface area contributed by atoms with Crippen molar-refractivity contribution < 1.29 is 0 Å². The molecule has 0 nitrogen and oxygen atoms in total. The van der Waals surface area contributed by atoms with E-state index in [1.807, 2.05) is 12.1 Å². The highest BCUT2D eigenvalue weighted by Crippen LogP contribution is 1.97. The molecule has 0 aromatic heterocycles. The lowest BCUT2D eigenvalue weighted by molar-refractivity contribution is 1.74. The lowest BCUT2D eigenvalue weighted by atomic mass is 9.63. The second-order valence-electron chi connectivity index (χ2n) is 3.18. The van der Waals surface area contributed by atoms with Gasteiger partial charge in [-0.05, 0) is 0 Å². The van der Waals surface area contributed by atoms with Gasteiger partial charge in [0, 0.05) is 0 Å². The average molecular weight is 245 g/mol. The van der Waals surface area contributed by atoms with Gasteiger partial charge in [0.15, 0.2) is 0 Å². The molecule has 0 N–H and O–H groups in total. The van der Waals surface area contributed by atoms with Gasteiger partial charge in [0.05, 0.1) is 0 Å². The minimum absolute atomic E-state index is 0.296. The van der Waals surface area contributed by atoms with Gasteiger partial charge in [-0.25, -0.2) is 0 Å². The van der Waals surface area contributed by atoms with Gasteiger partial charge in [-0.1, -0.05) is 71.6 Å². The Bertz CT molecular complexity index is 346. The first kappa shape index (κ1) is 9.54. The summed E-state index contributed by atoms with van der Waals surface area (Å²) in [5.41, 5.74) is 2.88. The summed E-state index contributed by atoms with van der Waals surface area (Å²) in [5.74, 6) is 0. The summed E-state index contributed by atoms with van der Waals surface area (Å²) < 4.78 is 0. The fraction of sp³-hybridized carbons (Fsp3) is 0. The molecule has 2 aromatic rings. The minimum atomic E-state index is 0.296. The summed E-state index contributed by atoms with van der Waals surface area (Å²) in [5, 5.41) is 0. The van der Waals surface area contributed by atoms with E-state index in [1.165, 1.54) is 10.9 Å². The van der Waals surface area contributed by atoms with E-state index in [1.54, 1.807) is 0 Å². The molecule has 0 aliphatic rings. The van der Waals surface area contributed by atoms with E-state index < -0.39 is 0 Å². The van der Waals surface area contributed by atoms with E-state index in [9.17, 15) is 0 Å². The summed E-state index contributed by atoms with van der Waals surface area (Å²) in [7, 11) is 0. The van der Waals surface area contributed by atoms with E-state index >= 15 is 0 Å². The molecule has 0 unspecified atom stereocenters. The van der Waals surface area contributed by atoms with E-state index in [-0.39, 0.29) is 0 Å². The van der Waals surface area contributed by atoms with Gasteiger partial charge < -0.3 is 0 Å².